The molecule has 20 heavy (non-hydrogen) atoms. The van der Waals surface area contributed by atoms with Crippen LogP contribution in [-0.4, -0.2) is 38.5 Å². The number of likely N-dealkylation sites (N-methyl/N-ethyl adjacent to an activating group) is 2. The van der Waals surface area contributed by atoms with Crippen molar-refractivity contribution in [1.29, 1.82) is 0 Å². The molecular formula is C13H18F3N3O. The van der Waals surface area contributed by atoms with Gasteiger partial charge in [-0.05, 0) is 17.7 Å². The van der Waals surface area contributed by atoms with Crippen molar-refractivity contribution in [1.82, 2.24) is 4.90 Å². The molecule has 0 aliphatic carbocycles. The van der Waals surface area contributed by atoms with E-state index in [0.29, 0.717) is 5.69 Å². The van der Waals surface area contributed by atoms with E-state index < -0.39 is 11.7 Å². The van der Waals surface area contributed by atoms with Gasteiger partial charge in [-0.2, -0.15) is 13.2 Å². The van der Waals surface area contributed by atoms with Gasteiger partial charge in [0.1, 0.15) is 0 Å². The second-order valence-electron chi connectivity index (χ2n) is 4.69. The highest BCUT2D eigenvalue weighted by atomic mass is 19.4. The Kier molecular flexibility index (Phi) is 4.99. The van der Waals surface area contributed by atoms with Crippen LogP contribution in [0.5, 0.6) is 0 Å². The van der Waals surface area contributed by atoms with E-state index in [-0.39, 0.29) is 24.6 Å². The number of hydrogen-bond acceptors (Lipinski definition) is 3. The first-order chi connectivity index (χ1) is 9.16. The lowest BCUT2D eigenvalue weighted by atomic mass is 10.1. The van der Waals surface area contributed by atoms with Crippen LogP contribution >= 0.6 is 0 Å². The van der Waals surface area contributed by atoms with Crippen LogP contribution in [0.15, 0.2) is 18.2 Å². The van der Waals surface area contributed by atoms with Crippen LogP contribution in [0.2, 0.25) is 0 Å². The summed E-state index contributed by atoms with van der Waals surface area (Å²) < 4.78 is 38.8. The molecule has 7 heteroatoms. The molecule has 112 valence electrons. The van der Waals surface area contributed by atoms with Crippen molar-refractivity contribution < 1.29 is 18.0 Å². The molecule has 0 bridgehead atoms. The molecule has 0 fully saturated rings. The molecule has 0 aliphatic rings. The number of hydrogen-bond donors (Lipinski definition) is 1. The van der Waals surface area contributed by atoms with Crippen LogP contribution in [0.4, 0.5) is 18.9 Å². The molecule has 1 aromatic rings. The summed E-state index contributed by atoms with van der Waals surface area (Å²) >= 11 is 0. The number of anilines is 1. The first-order valence-corrected chi connectivity index (χ1v) is 5.98. The zero-order valence-electron chi connectivity index (χ0n) is 11.7. The largest absolute Gasteiger partial charge is 0.416 e. The topological polar surface area (TPSA) is 49.6 Å². The number of nitrogens with zero attached hydrogens (tertiary/aromatic N) is 2. The van der Waals surface area contributed by atoms with Gasteiger partial charge in [0, 0.05) is 33.4 Å². The molecule has 0 saturated carbocycles. The zero-order valence-corrected chi connectivity index (χ0v) is 11.7. The summed E-state index contributed by atoms with van der Waals surface area (Å²) in [6.07, 6.45) is -4.46. The summed E-state index contributed by atoms with van der Waals surface area (Å²) in [6, 6.07) is 3.89. The quantitative estimate of drug-likeness (QED) is 0.917. The molecule has 1 rings (SSSR count). The van der Waals surface area contributed by atoms with Gasteiger partial charge in [-0.1, -0.05) is 6.07 Å². The average Bonchev–Trinajstić information content (AvgIpc) is 2.36. The van der Waals surface area contributed by atoms with Gasteiger partial charge < -0.3 is 15.5 Å². The minimum absolute atomic E-state index is 0.00622. The van der Waals surface area contributed by atoms with Crippen LogP contribution in [0.25, 0.3) is 0 Å². The number of halogens is 3. The van der Waals surface area contributed by atoms with Crippen LogP contribution in [-0.2, 0) is 17.5 Å². The van der Waals surface area contributed by atoms with Crippen LogP contribution in [0, 0.1) is 0 Å². The molecule has 0 aliphatic heterocycles. The van der Waals surface area contributed by atoms with E-state index in [2.05, 4.69) is 0 Å². The van der Waals surface area contributed by atoms with Crippen molar-refractivity contribution in [3.63, 3.8) is 0 Å². The van der Waals surface area contributed by atoms with E-state index in [1.165, 1.54) is 21.9 Å². The first kappa shape index (κ1) is 16.3. The lowest BCUT2D eigenvalue weighted by Gasteiger charge is -2.23. The molecule has 2 N–H and O–H groups in total. The molecule has 0 atom stereocenters. The second-order valence-corrected chi connectivity index (χ2v) is 4.69. The summed E-state index contributed by atoms with van der Waals surface area (Å²) in [7, 11) is 4.75. The summed E-state index contributed by atoms with van der Waals surface area (Å²) in [5.41, 5.74) is 4.92. The maximum absolute atomic E-state index is 12.9. The first-order valence-electron chi connectivity index (χ1n) is 5.98. The Bertz CT molecular complexity index is 486. The Balaban J connectivity index is 3.06. The summed E-state index contributed by atoms with van der Waals surface area (Å²) in [4.78, 5) is 14.4. The third-order valence-electron chi connectivity index (χ3n) is 2.93. The smallest absolute Gasteiger partial charge is 0.365 e. The van der Waals surface area contributed by atoms with Crippen molar-refractivity contribution in [3.05, 3.63) is 29.3 Å². The van der Waals surface area contributed by atoms with E-state index in [1.807, 2.05) is 0 Å². The van der Waals surface area contributed by atoms with E-state index in [4.69, 9.17) is 5.73 Å². The second kappa shape index (κ2) is 6.13. The standard InChI is InChI=1S/C13H18F3N3O/c1-18(2)12(20)8-19(3)10-5-4-9(7-17)11(6-10)13(14,15)16/h4-6H,7-8,17H2,1-3H3. The van der Waals surface area contributed by atoms with E-state index in [1.54, 1.807) is 21.1 Å². The van der Waals surface area contributed by atoms with E-state index in [9.17, 15) is 18.0 Å². The minimum atomic E-state index is -4.46. The Morgan fingerprint density at radius 3 is 2.30 bits per heavy atom. The van der Waals surface area contributed by atoms with Gasteiger partial charge in [0.05, 0.1) is 12.1 Å². The van der Waals surface area contributed by atoms with Crippen LogP contribution < -0.4 is 10.6 Å². The summed E-state index contributed by atoms with van der Waals surface area (Å²) in [5, 5.41) is 0. The average molecular weight is 289 g/mol. The fourth-order valence-corrected chi connectivity index (χ4v) is 1.68. The Labute approximate surface area is 116 Å². The number of nitrogens with two attached hydrogens (primary N) is 1. The SMILES string of the molecule is CN(C)C(=O)CN(C)c1ccc(CN)c(C(F)(F)F)c1. The van der Waals surface area contributed by atoms with Gasteiger partial charge in [-0.15, -0.1) is 0 Å². The normalized spacial score (nSPS) is 11.3. The molecule has 0 unspecified atom stereocenters. The van der Waals surface area contributed by atoms with Crippen molar-refractivity contribution >= 4 is 11.6 Å². The molecular weight excluding hydrogens is 271 g/mol. The monoisotopic (exact) mass is 289 g/mol. The summed E-state index contributed by atoms with van der Waals surface area (Å²) in [5.74, 6) is -0.191. The van der Waals surface area contributed by atoms with Gasteiger partial charge in [0.25, 0.3) is 0 Å². The van der Waals surface area contributed by atoms with E-state index in [0.717, 1.165) is 6.07 Å². The fraction of sp³-hybridized carbons (Fsp3) is 0.462. The molecule has 0 spiro atoms. The fourth-order valence-electron chi connectivity index (χ4n) is 1.68. The molecule has 1 aromatic carbocycles. The Morgan fingerprint density at radius 1 is 1.25 bits per heavy atom. The molecule has 1 amide bonds. The lowest BCUT2D eigenvalue weighted by molar-refractivity contribution is -0.138. The third kappa shape index (κ3) is 3.86. The van der Waals surface area contributed by atoms with Crippen LogP contribution in [0.3, 0.4) is 0 Å². The van der Waals surface area contributed by atoms with Crippen LogP contribution in [0.1, 0.15) is 11.1 Å². The highest BCUT2D eigenvalue weighted by Gasteiger charge is 2.33. The number of carbonyl (C=O) groups excluding carboxylic acids is 1. The number of benzene rings is 1. The van der Waals surface area contributed by atoms with Gasteiger partial charge >= 0.3 is 6.18 Å². The van der Waals surface area contributed by atoms with Crippen molar-refractivity contribution in [2.75, 3.05) is 32.6 Å². The maximum Gasteiger partial charge on any atom is 0.416 e. The molecule has 0 heterocycles. The third-order valence-corrected chi connectivity index (χ3v) is 2.93. The molecule has 4 nitrogen and oxygen atoms in total. The highest BCUT2D eigenvalue weighted by molar-refractivity contribution is 5.80. The number of amides is 1. The Hall–Kier alpha value is -1.76. The predicted molar refractivity (Wildman–Crippen MR) is 71.3 cm³/mol. The highest BCUT2D eigenvalue weighted by Crippen LogP contribution is 2.34. The van der Waals surface area contributed by atoms with Gasteiger partial charge in [-0.25, -0.2) is 0 Å². The number of rotatable bonds is 4. The molecule has 0 radical (unpaired) electrons. The maximum atomic E-state index is 12.9. The molecule has 0 aromatic heterocycles. The predicted octanol–water partition coefficient (Wildman–Crippen LogP) is 1.69. The zero-order chi connectivity index (χ0) is 15.5. The van der Waals surface area contributed by atoms with Gasteiger partial charge in [0.15, 0.2) is 0 Å². The van der Waals surface area contributed by atoms with E-state index >= 15 is 0 Å². The van der Waals surface area contributed by atoms with Crippen molar-refractivity contribution in [2.24, 2.45) is 5.73 Å². The Morgan fingerprint density at radius 2 is 1.85 bits per heavy atom. The number of alkyl halides is 3. The molecule has 0 saturated heterocycles. The van der Waals surface area contributed by atoms with Gasteiger partial charge in [-0.3, -0.25) is 4.79 Å². The van der Waals surface area contributed by atoms with Crippen molar-refractivity contribution in [3.8, 4) is 0 Å². The summed E-state index contributed by atoms with van der Waals surface area (Å²) in [6.45, 7) is -0.179. The lowest BCUT2D eigenvalue weighted by Crippen LogP contribution is -2.34. The number of carbonyl (C=O) groups is 1. The van der Waals surface area contributed by atoms with Gasteiger partial charge in [0.2, 0.25) is 5.91 Å². The minimum Gasteiger partial charge on any atom is -0.365 e. The van der Waals surface area contributed by atoms with Crippen molar-refractivity contribution in [2.45, 2.75) is 12.7 Å².